The van der Waals surface area contributed by atoms with Crippen molar-refractivity contribution >= 4 is 5.78 Å². The topological polar surface area (TPSA) is 42.2 Å². The number of carbonyl (C=O) groups excluding carboxylic acids is 1. The number of aryl methyl sites for hydroxylation is 1. The second kappa shape index (κ2) is 2.23. The van der Waals surface area contributed by atoms with Crippen molar-refractivity contribution in [2.24, 2.45) is 0 Å². The molecule has 1 aliphatic heterocycles. The van der Waals surface area contributed by atoms with Crippen LogP contribution < -0.4 is 5.32 Å². The maximum Gasteiger partial charge on any atom is 0.158 e. The Kier molecular flexibility index (Phi) is 1.26. The van der Waals surface area contributed by atoms with Crippen molar-refractivity contribution in [3.8, 4) is 0 Å². The van der Waals surface area contributed by atoms with Crippen molar-refractivity contribution in [1.82, 2.24) is 5.32 Å². The van der Waals surface area contributed by atoms with E-state index in [1.54, 1.807) is 6.26 Å². The first-order valence-corrected chi connectivity index (χ1v) is 4.68. The summed E-state index contributed by atoms with van der Waals surface area (Å²) in [5.41, 5.74) is 0.706. The Bertz CT molecular complexity index is 369. The Hall–Kier alpha value is -1.09. The van der Waals surface area contributed by atoms with E-state index in [1.807, 2.05) is 6.07 Å². The standard InChI is InChI=1S/C10H11NO2/c12-9-2-5-11-10(9)4-1-8-7(10)3-6-13-8/h3,6,11H,1-2,4-5H2. The highest BCUT2D eigenvalue weighted by molar-refractivity contribution is 5.92. The molecule has 1 aromatic heterocycles. The fourth-order valence-electron chi connectivity index (χ4n) is 2.52. The van der Waals surface area contributed by atoms with E-state index in [-0.39, 0.29) is 5.54 Å². The third kappa shape index (κ3) is 0.753. The van der Waals surface area contributed by atoms with E-state index in [0.717, 1.165) is 30.7 Å². The minimum Gasteiger partial charge on any atom is -0.469 e. The monoisotopic (exact) mass is 177 g/mol. The van der Waals surface area contributed by atoms with Crippen molar-refractivity contribution < 1.29 is 9.21 Å². The number of fused-ring (bicyclic) bond motifs is 2. The molecule has 1 unspecified atom stereocenters. The van der Waals surface area contributed by atoms with Crippen LogP contribution in [0.5, 0.6) is 0 Å². The lowest BCUT2D eigenvalue weighted by Gasteiger charge is -2.21. The van der Waals surface area contributed by atoms with Gasteiger partial charge in [0.2, 0.25) is 0 Å². The molecule has 3 heteroatoms. The number of hydrogen-bond acceptors (Lipinski definition) is 3. The molecule has 0 saturated carbocycles. The van der Waals surface area contributed by atoms with Crippen LogP contribution in [0.3, 0.4) is 0 Å². The lowest BCUT2D eigenvalue weighted by Crippen LogP contribution is -2.39. The molecule has 1 N–H and O–H groups in total. The summed E-state index contributed by atoms with van der Waals surface area (Å²) in [5, 5.41) is 3.31. The Morgan fingerprint density at radius 2 is 2.38 bits per heavy atom. The Morgan fingerprint density at radius 3 is 3.15 bits per heavy atom. The van der Waals surface area contributed by atoms with Gasteiger partial charge in [-0.1, -0.05) is 0 Å². The summed E-state index contributed by atoms with van der Waals surface area (Å²) in [6.45, 7) is 0.809. The molecule has 0 radical (unpaired) electrons. The van der Waals surface area contributed by atoms with Crippen LogP contribution in [0.1, 0.15) is 24.2 Å². The first-order chi connectivity index (χ1) is 6.33. The zero-order valence-corrected chi connectivity index (χ0v) is 7.30. The molecule has 1 spiro atoms. The molecular weight excluding hydrogens is 166 g/mol. The van der Waals surface area contributed by atoms with Gasteiger partial charge in [-0.3, -0.25) is 4.79 Å². The zero-order valence-electron chi connectivity index (χ0n) is 7.30. The molecule has 2 heterocycles. The fraction of sp³-hybridized carbons (Fsp3) is 0.500. The van der Waals surface area contributed by atoms with Crippen LogP contribution in [-0.2, 0) is 16.8 Å². The first kappa shape index (κ1) is 7.33. The van der Waals surface area contributed by atoms with Crippen molar-refractivity contribution in [1.29, 1.82) is 0 Å². The summed E-state index contributed by atoms with van der Waals surface area (Å²) in [6, 6.07) is 1.93. The molecule has 3 rings (SSSR count). The molecule has 1 aromatic rings. The van der Waals surface area contributed by atoms with Gasteiger partial charge in [-0.05, 0) is 12.5 Å². The summed E-state index contributed by atoms with van der Waals surface area (Å²) < 4.78 is 5.32. The number of furan rings is 1. The minimum atomic E-state index is -0.373. The molecular formula is C10H11NO2. The van der Waals surface area contributed by atoms with E-state index < -0.39 is 0 Å². The molecule has 0 aromatic carbocycles. The van der Waals surface area contributed by atoms with Crippen LogP contribution in [0.4, 0.5) is 0 Å². The van der Waals surface area contributed by atoms with Gasteiger partial charge in [-0.2, -0.15) is 0 Å². The van der Waals surface area contributed by atoms with Gasteiger partial charge >= 0.3 is 0 Å². The quantitative estimate of drug-likeness (QED) is 0.642. The predicted octanol–water partition coefficient (Wildman–Crippen LogP) is 0.984. The SMILES string of the molecule is O=C1CCNC12CCc1occc12. The second-order valence-corrected chi connectivity index (χ2v) is 3.76. The first-order valence-electron chi connectivity index (χ1n) is 4.68. The average molecular weight is 177 g/mol. The number of ketones is 1. The number of Topliss-reactive ketones (excluding diaryl/α,β-unsaturated/α-hetero) is 1. The van der Waals surface area contributed by atoms with E-state index in [4.69, 9.17) is 4.42 Å². The summed E-state index contributed by atoms with van der Waals surface area (Å²) in [4.78, 5) is 11.8. The molecule has 1 saturated heterocycles. The molecule has 0 amide bonds. The second-order valence-electron chi connectivity index (χ2n) is 3.76. The minimum absolute atomic E-state index is 0.327. The van der Waals surface area contributed by atoms with Crippen LogP contribution in [-0.4, -0.2) is 12.3 Å². The van der Waals surface area contributed by atoms with E-state index in [0.29, 0.717) is 12.2 Å². The smallest absolute Gasteiger partial charge is 0.158 e. The van der Waals surface area contributed by atoms with E-state index in [2.05, 4.69) is 5.32 Å². The lowest BCUT2D eigenvalue weighted by atomic mass is 9.90. The molecule has 2 aliphatic rings. The summed E-state index contributed by atoms with van der Waals surface area (Å²) >= 11 is 0. The molecule has 1 atom stereocenters. The molecule has 1 fully saturated rings. The van der Waals surface area contributed by atoms with Crippen LogP contribution in [0.25, 0.3) is 0 Å². The third-order valence-electron chi connectivity index (χ3n) is 3.19. The van der Waals surface area contributed by atoms with E-state index in [9.17, 15) is 4.79 Å². The predicted molar refractivity (Wildman–Crippen MR) is 46.3 cm³/mol. The molecule has 68 valence electrons. The van der Waals surface area contributed by atoms with Gasteiger partial charge in [0.05, 0.1) is 6.26 Å². The van der Waals surface area contributed by atoms with Gasteiger partial charge in [0.15, 0.2) is 5.78 Å². The van der Waals surface area contributed by atoms with Crippen molar-refractivity contribution in [2.45, 2.75) is 24.8 Å². The highest BCUT2D eigenvalue weighted by Gasteiger charge is 2.48. The Morgan fingerprint density at radius 1 is 1.46 bits per heavy atom. The maximum absolute atomic E-state index is 11.8. The maximum atomic E-state index is 11.8. The van der Waals surface area contributed by atoms with Gasteiger partial charge in [0, 0.05) is 24.9 Å². The van der Waals surface area contributed by atoms with Gasteiger partial charge in [-0.25, -0.2) is 0 Å². The van der Waals surface area contributed by atoms with Crippen molar-refractivity contribution in [3.05, 3.63) is 23.7 Å². The number of hydrogen-bond donors (Lipinski definition) is 1. The van der Waals surface area contributed by atoms with Crippen LogP contribution >= 0.6 is 0 Å². The van der Waals surface area contributed by atoms with Crippen LogP contribution in [0.15, 0.2) is 16.7 Å². The third-order valence-corrected chi connectivity index (χ3v) is 3.19. The lowest BCUT2D eigenvalue weighted by molar-refractivity contribution is -0.122. The molecule has 13 heavy (non-hydrogen) atoms. The Labute approximate surface area is 76.1 Å². The Balaban J connectivity index is 2.16. The van der Waals surface area contributed by atoms with Crippen LogP contribution in [0, 0.1) is 0 Å². The van der Waals surface area contributed by atoms with E-state index in [1.165, 1.54) is 0 Å². The molecule has 3 nitrogen and oxygen atoms in total. The largest absolute Gasteiger partial charge is 0.469 e. The van der Waals surface area contributed by atoms with Gasteiger partial charge in [0.25, 0.3) is 0 Å². The average Bonchev–Trinajstić information content (AvgIpc) is 2.72. The molecule has 1 aliphatic carbocycles. The highest BCUT2D eigenvalue weighted by atomic mass is 16.3. The normalized spacial score (nSPS) is 31.5. The number of rotatable bonds is 0. The highest BCUT2D eigenvalue weighted by Crippen LogP contribution is 2.41. The van der Waals surface area contributed by atoms with Gasteiger partial charge < -0.3 is 9.73 Å². The van der Waals surface area contributed by atoms with Gasteiger partial charge in [0.1, 0.15) is 11.3 Å². The fourth-order valence-corrected chi connectivity index (χ4v) is 2.52. The summed E-state index contributed by atoms with van der Waals surface area (Å²) in [7, 11) is 0. The van der Waals surface area contributed by atoms with E-state index >= 15 is 0 Å². The van der Waals surface area contributed by atoms with Crippen molar-refractivity contribution in [3.63, 3.8) is 0 Å². The summed E-state index contributed by atoms with van der Waals surface area (Å²) in [6.07, 6.45) is 4.10. The molecule has 0 bridgehead atoms. The van der Waals surface area contributed by atoms with Crippen LogP contribution in [0.2, 0.25) is 0 Å². The summed E-state index contributed by atoms with van der Waals surface area (Å²) in [5.74, 6) is 1.32. The number of carbonyl (C=O) groups is 1. The number of nitrogens with one attached hydrogen (secondary N) is 1. The van der Waals surface area contributed by atoms with Gasteiger partial charge in [-0.15, -0.1) is 0 Å². The van der Waals surface area contributed by atoms with Crippen molar-refractivity contribution in [2.75, 3.05) is 6.54 Å². The zero-order chi connectivity index (χ0) is 8.89.